The molecule has 1 N–H and O–H groups in total. The predicted molar refractivity (Wildman–Crippen MR) is 86.8 cm³/mol. The summed E-state index contributed by atoms with van der Waals surface area (Å²) in [6, 6.07) is 9.81. The van der Waals surface area contributed by atoms with Gasteiger partial charge in [0.05, 0.1) is 11.3 Å². The van der Waals surface area contributed by atoms with Crippen molar-refractivity contribution in [3.63, 3.8) is 0 Å². The highest BCUT2D eigenvalue weighted by atomic mass is 35.5. The summed E-state index contributed by atoms with van der Waals surface area (Å²) in [7, 11) is 0. The standard InChI is InChI=1S/C17H10ClF2N3O/c18-12-3-1-10(2-4-12)16-21-8-11(9-22-16)17(24)23-15-6-5-13(19)7-14(15)20/h1-9H,(H,23,24). The molecule has 1 heterocycles. The van der Waals surface area contributed by atoms with Crippen molar-refractivity contribution in [1.82, 2.24) is 9.97 Å². The largest absolute Gasteiger partial charge is 0.319 e. The maximum atomic E-state index is 13.5. The molecule has 1 aromatic heterocycles. The molecule has 2 aromatic carbocycles. The number of aromatic nitrogens is 2. The van der Waals surface area contributed by atoms with Gasteiger partial charge in [-0.05, 0) is 36.4 Å². The summed E-state index contributed by atoms with van der Waals surface area (Å²) in [6.45, 7) is 0. The molecule has 3 rings (SSSR count). The zero-order valence-electron chi connectivity index (χ0n) is 12.1. The zero-order chi connectivity index (χ0) is 17.1. The molecule has 0 atom stereocenters. The average Bonchev–Trinajstić information content (AvgIpc) is 2.58. The van der Waals surface area contributed by atoms with E-state index < -0.39 is 17.5 Å². The SMILES string of the molecule is O=C(Nc1ccc(F)cc1F)c1cnc(-c2ccc(Cl)cc2)nc1. The lowest BCUT2D eigenvalue weighted by atomic mass is 10.2. The number of carbonyl (C=O) groups excluding carboxylic acids is 1. The van der Waals surface area contributed by atoms with Crippen LogP contribution in [0.1, 0.15) is 10.4 Å². The second-order valence-electron chi connectivity index (χ2n) is 4.88. The van der Waals surface area contributed by atoms with Crippen molar-refractivity contribution in [3.05, 3.63) is 77.1 Å². The maximum absolute atomic E-state index is 13.5. The first kappa shape index (κ1) is 16.0. The maximum Gasteiger partial charge on any atom is 0.258 e. The van der Waals surface area contributed by atoms with Crippen LogP contribution in [0.2, 0.25) is 5.02 Å². The van der Waals surface area contributed by atoms with E-state index in [9.17, 15) is 13.6 Å². The molecule has 0 radical (unpaired) electrons. The fourth-order valence-corrected chi connectivity index (χ4v) is 2.10. The van der Waals surface area contributed by atoms with Gasteiger partial charge in [-0.15, -0.1) is 0 Å². The minimum Gasteiger partial charge on any atom is -0.319 e. The van der Waals surface area contributed by atoms with Crippen molar-refractivity contribution in [2.24, 2.45) is 0 Å². The molecular weight excluding hydrogens is 336 g/mol. The van der Waals surface area contributed by atoms with E-state index in [4.69, 9.17) is 11.6 Å². The molecule has 0 spiro atoms. The number of amides is 1. The molecule has 24 heavy (non-hydrogen) atoms. The molecule has 1 amide bonds. The van der Waals surface area contributed by atoms with Crippen LogP contribution in [-0.2, 0) is 0 Å². The number of carbonyl (C=O) groups is 1. The van der Waals surface area contributed by atoms with E-state index in [1.165, 1.54) is 12.4 Å². The van der Waals surface area contributed by atoms with Crippen molar-refractivity contribution < 1.29 is 13.6 Å². The minimum absolute atomic E-state index is 0.122. The summed E-state index contributed by atoms with van der Waals surface area (Å²) in [6.07, 6.45) is 2.65. The Morgan fingerprint density at radius 1 is 1.00 bits per heavy atom. The summed E-state index contributed by atoms with van der Waals surface area (Å²) in [4.78, 5) is 20.3. The molecule has 0 bridgehead atoms. The quantitative estimate of drug-likeness (QED) is 0.768. The highest BCUT2D eigenvalue weighted by Gasteiger charge is 2.11. The van der Waals surface area contributed by atoms with Crippen LogP contribution in [-0.4, -0.2) is 15.9 Å². The van der Waals surface area contributed by atoms with Crippen LogP contribution in [0.3, 0.4) is 0 Å². The third-order valence-corrected chi connectivity index (χ3v) is 3.45. The number of nitrogens with one attached hydrogen (secondary N) is 1. The molecule has 0 aliphatic carbocycles. The number of nitrogens with zero attached hydrogens (tertiary/aromatic N) is 2. The molecule has 0 saturated heterocycles. The number of anilines is 1. The Bertz CT molecular complexity index is 883. The molecule has 0 saturated carbocycles. The molecule has 7 heteroatoms. The van der Waals surface area contributed by atoms with E-state index in [-0.39, 0.29) is 11.3 Å². The molecule has 4 nitrogen and oxygen atoms in total. The lowest BCUT2D eigenvalue weighted by Crippen LogP contribution is -2.14. The van der Waals surface area contributed by atoms with Gasteiger partial charge in [-0.1, -0.05) is 11.6 Å². The molecule has 0 unspecified atom stereocenters. The molecule has 120 valence electrons. The first-order valence-electron chi connectivity index (χ1n) is 6.87. The summed E-state index contributed by atoms with van der Waals surface area (Å²) in [5, 5.41) is 2.94. The number of hydrogen-bond donors (Lipinski definition) is 1. The smallest absolute Gasteiger partial charge is 0.258 e. The Kier molecular flexibility index (Phi) is 4.48. The summed E-state index contributed by atoms with van der Waals surface area (Å²) in [5.74, 6) is -1.75. The van der Waals surface area contributed by atoms with E-state index >= 15 is 0 Å². The first-order valence-corrected chi connectivity index (χ1v) is 7.25. The van der Waals surface area contributed by atoms with Crippen molar-refractivity contribution in [2.75, 3.05) is 5.32 Å². The fourth-order valence-electron chi connectivity index (χ4n) is 1.98. The number of benzene rings is 2. The van der Waals surface area contributed by atoms with Crippen LogP contribution in [0.25, 0.3) is 11.4 Å². The van der Waals surface area contributed by atoms with E-state index in [1.807, 2.05) is 0 Å². The molecule has 3 aromatic rings. The summed E-state index contributed by atoms with van der Waals surface area (Å²) < 4.78 is 26.4. The van der Waals surface area contributed by atoms with Crippen LogP contribution in [0.5, 0.6) is 0 Å². The van der Waals surface area contributed by atoms with Gasteiger partial charge in [-0.25, -0.2) is 18.7 Å². The third-order valence-electron chi connectivity index (χ3n) is 3.20. The van der Waals surface area contributed by atoms with Crippen molar-refractivity contribution in [2.45, 2.75) is 0 Å². The topological polar surface area (TPSA) is 54.9 Å². The van der Waals surface area contributed by atoms with Crippen LogP contribution in [0.4, 0.5) is 14.5 Å². The molecule has 0 aliphatic heterocycles. The van der Waals surface area contributed by atoms with Gasteiger partial charge in [-0.3, -0.25) is 4.79 Å². The Morgan fingerprint density at radius 2 is 1.67 bits per heavy atom. The summed E-state index contributed by atoms with van der Waals surface area (Å²) in [5.41, 5.74) is 0.774. The minimum atomic E-state index is -0.859. The van der Waals surface area contributed by atoms with Crippen molar-refractivity contribution >= 4 is 23.2 Å². The first-order chi connectivity index (χ1) is 11.5. The van der Waals surface area contributed by atoms with Crippen LogP contribution in [0, 0.1) is 11.6 Å². The lowest BCUT2D eigenvalue weighted by molar-refractivity contribution is 0.102. The highest BCUT2D eigenvalue weighted by molar-refractivity contribution is 6.30. The molecular formula is C17H10ClF2N3O. The zero-order valence-corrected chi connectivity index (χ0v) is 12.9. The average molecular weight is 346 g/mol. The van der Waals surface area contributed by atoms with Gasteiger partial charge < -0.3 is 5.32 Å². The number of halogens is 3. The highest BCUT2D eigenvalue weighted by Crippen LogP contribution is 2.19. The van der Waals surface area contributed by atoms with Crippen molar-refractivity contribution in [3.8, 4) is 11.4 Å². The molecule has 0 aliphatic rings. The van der Waals surface area contributed by atoms with Gasteiger partial charge in [0.1, 0.15) is 11.6 Å². The van der Waals surface area contributed by atoms with Gasteiger partial charge in [0.25, 0.3) is 5.91 Å². The monoisotopic (exact) mass is 345 g/mol. The number of rotatable bonds is 3. The second kappa shape index (κ2) is 6.72. The van der Waals surface area contributed by atoms with Gasteiger partial charge in [0, 0.05) is 29.0 Å². The Morgan fingerprint density at radius 3 is 2.29 bits per heavy atom. The van der Waals surface area contributed by atoms with E-state index in [0.717, 1.165) is 17.7 Å². The normalized spacial score (nSPS) is 10.5. The van der Waals surface area contributed by atoms with E-state index in [1.54, 1.807) is 24.3 Å². The fraction of sp³-hybridized carbons (Fsp3) is 0. The van der Waals surface area contributed by atoms with E-state index in [0.29, 0.717) is 16.9 Å². The second-order valence-corrected chi connectivity index (χ2v) is 5.32. The predicted octanol–water partition coefficient (Wildman–Crippen LogP) is 4.33. The van der Waals surface area contributed by atoms with Crippen LogP contribution >= 0.6 is 11.6 Å². The number of hydrogen-bond acceptors (Lipinski definition) is 3. The molecule has 0 fully saturated rings. The van der Waals surface area contributed by atoms with Gasteiger partial charge in [0.2, 0.25) is 0 Å². The van der Waals surface area contributed by atoms with Gasteiger partial charge in [-0.2, -0.15) is 0 Å². The van der Waals surface area contributed by atoms with Gasteiger partial charge in [0.15, 0.2) is 5.82 Å². The Balaban J connectivity index is 1.77. The third kappa shape index (κ3) is 3.55. The lowest BCUT2D eigenvalue weighted by Gasteiger charge is -2.06. The Hall–Kier alpha value is -2.86. The Labute approximate surface area is 141 Å². The van der Waals surface area contributed by atoms with Crippen LogP contribution in [0.15, 0.2) is 54.9 Å². The van der Waals surface area contributed by atoms with Gasteiger partial charge >= 0.3 is 0 Å². The van der Waals surface area contributed by atoms with Crippen LogP contribution < -0.4 is 5.32 Å². The van der Waals surface area contributed by atoms with E-state index in [2.05, 4.69) is 15.3 Å². The van der Waals surface area contributed by atoms with Crippen molar-refractivity contribution in [1.29, 1.82) is 0 Å². The summed E-state index contributed by atoms with van der Waals surface area (Å²) >= 11 is 5.82.